The molecule has 1 aliphatic heterocycles. The lowest BCUT2D eigenvalue weighted by molar-refractivity contribution is 0.595. The summed E-state index contributed by atoms with van der Waals surface area (Å²) in [7, 11) is -3.38. The molecule has 0 amide bonds. The third-order valence-electron chi connectivity index (χ3n) is 3.40. The van der Waals surface area contributed by atoms with Gasteiger partial charge in [-0.1, -0.05) is 25.0 Å². The van der Waals surface area contributed by atoms with Gasteiger partial charge in [-0.15, -0.1) is 0 Å². The Morgan fingerprint density at radius 1 is 1.28 bits per heavy atom. The third kappa shape index (κ3) is 2.27. The number of rotatable bonds is 4. The average Bonchev–Trinajstić information content (AvgIpc) is 3.13. The number of hydrogen-bond acceptors (Lipinski definition) is 3. The number of amidine groups is 1. The van der Waals surface area contributed by atoms with E-state index in [0.29, 0.717) is 22.8 Å². The molecule has 1 N–H and O–H groups in total. The van der Waals surface area contributed by atoms with E-state index in [4.69, 9.17) is 0 Å². The molecule has 0 spiro atoms. The van der Waals surface area contributed by atoms with Gasteiger partial charge in [-0.3, -0.25) is 9.71 Å². The standard InChI is InChI=1S/C13H16N2O2S/c16-18(17)12-6-2-1-5-11(12)13(15-18)14-9-3-4-10-7-8-10/h1-2,5-6,10H,3-4,7-9H2,(H,14,15). The van der Waals surface area contributed by atoms with Crippen LogP contribution in [0.2, 0.25) is 0 Å². The maximum Gasteiger partial charge on any atom is 0.263 e. The van der Waals surface area contributed by atoms with Crippen LogP contribution < -0.4 is 4.72 Å². The lowest BCUT2D eigenvalue weighted by Gasteiger charge is -1.99. The van der Waals surface area contributed by atoms with E-state index in [2.05, 4.69) is 9.71 Å². The molecular weight excluding hydrogens is 248 g/mol. The van der Waals surface area contributed by atoms with Gasteiger partial charge >= 0.3 is 0 Å². The van der Waals surface area contributed by atoms with Crippen LogP contribution in [-0.2, 0) is 10.0 Å². The first-order valence-corrected chi connectivity index (χ1v) is 7.82. The van der Waals surface area contributed by atoms with Gasteiger partial charge in [0.15, 0.2) is 0 Å². The second-order valence-electron chi connectivity index (χ2n) is 4.92. The zero-order valence-electron chi connectivity index (χ0n) is 10.1. The van der Waals surface area contributed by atoms with E-state index < -0.39 is 10.0 Å². The predicted molar refractivity (Wildman–Crippen MR) is 70.1 cm³/mol. The van der Waals surface area contributed by atoms with E-state index in [9.17, 15) is 8.42 Å². The third-order valence-corrected chi connectivity index (χ3v) is 4.80. The molecule has 1 fully saturated rings. The monoisotopic (exact) mass is 264 g/mol. The molecule has 1 aromatic carbocycles. The first-order chi connectivity index (χ1) is 8.67. The fraction of sp³-hybridized carbons (Fsp3) is 0.462. The maximum absolute atomic E-state index is 11.8. The fourth-order valence-corrected chi connectivity index (χ4v) is 3.48. The minimum absolute atomic E-state index is 0.339. The lowest BCUT2D eigenvalue weighted by atomic mass is 10.2. The average molecular weight is 264 g/mol. The second-order valence-corrected chi connectivity index (χ2v) is 6.57. The van der Waals surface area contributed by atoms with Gasteiger partial charge in [0.2, 0.25) is 0 Å². The van der Waals surface area contributed by atoms with Gasteiger partial charge in [0.05, 0.1) is 4.90 Å². The second kappa shape index (κ2) is 4.39. The summed E-state index contributed by atoms with van der Waals surface area (Å²) in [6.07, 6.45) is 4.96. The normalized spacial score (nSPS) is 22.8. The smallest absolute Gasteiger partial charge is 0.263 e. The number of benzene rings is 1. The predicted octanol–water partition coefficient (Wildman–Crippen LogP) is 1.92. The van der Waals surface area contributed by atoms with Crippen molar-refractivity contribution in [2.45, 2.75) is 30.6 Å². The molecule has 96 valence electrons. The van der Waals surface area contributed by atoms with Crippen LogP contribution in [0.5, 0.6) is 0 Å². The molecule has 5 heteroatoms. The quantitative estimate of drug-likeness (QED) is 0.845. The Labute approximate surface area is 107 Å². The highest BCUT2D eigenvalue weighted by Crippen LogP contribution is 2.33. The molecule has 0 aromatic heterocycles. The van der Waals surface area contributed by atoms with E-state index in [1.165, 1.54) is 19.3 Å². The molecule has 18 heavy (non-hydrogen) atoms. The zero-order chi connectivity index (χ0) is 12.6. The molecule has 1 aromatic rings. The first kappa shape index (κ1) is 11.7. The van der Waals surface area contributed by atoms with Crippen LogP contribution >= 0.6 is 0 Å². The zero-order valence-corrected chi connectivity index (χ0v) is 10.9. The van der Waals surface area contributed by atoms with Crippen LogP contribution in [-0.4, -0.2) is 20.8 Å². The van der Waals surface area contributed by atoms with Gasteiger partial charge in [0, 0.05) is 12.1 Å². The molecule has 0 saturated heterocycles. The van der Waals surface area contributed by atoms with Crippen LogP contribution in [0.4, 0.5) is 0 Å². The molecule has 0 radical (unpaired) electrons. The van der Waals surface area contributed by atoms with E-state index in [1.54, 1.807) is 18.2 Å². The van der Waals surface area contributed by atoms with Gasteiger partial charge in [0.25, 0.3) is 10.0 Å². The van der Waals surface area contributed by atoms with Crippen molar-refractivity contribution in [3.63, 3.8) is 0 Å². The minimum atomic E-state index is -3.38. The van der Waals surface area contributed by atoms with Crippen molar-refractivity contribution in [3.8, 4) is 0 Å². The summed E-state index contributed by atoms with van der Waals surface area (Å²) >= 11 is 0. The van der Waals surface area contributed by atoms with Crippen LogP contribution in [0.15, 0.2) is 34.2 Å². The van der Waals surface area contributed by atoms with Crippen LogP contribution in [0.1, 0.15) is 31.2 Å². The summed E-state index contributed by atoms with van der Waals surface area (Å²) < 4.78 is 26.2. The minimum Gasteiger partial charge on any atom is -0.267 e. The van der Waals surface area contributed by atoms with E-state index in [0.717, 1.165) is 12.3 Å². The summed E-state index contributed by atoms with van der Waals surface area (Å²) in [5.74, 6) is 1.40. The number of nitrogens with zero attached hydrogens (tertiary/aromatic N) is 1. The van der Waals surface area contributed by atoms with Crippen molar-refractivity contribution in [2.75, 3.05) is 6.54 Å². The van der Waals surface area contributed by atoms with Crippen molar-refractivity contribution in [1.82, 2.24) is 4.72 Å². The van der Waals surface area contributed by atoms with Gasteiger partial charge in [-0.05, 0) is 30.9 Å². The Morgan fingerprint density at radius 2 is 2.06 bits per heavy atom. The highest BCUT2D eigenvalue weighted by atomic mass is 32.2. The number of nitrogens with one attached hydrogen (secondary N) is 1. The van der Waals surface area contributed by atoms with Crippen molar-refractivity contribution in [3.05, 3.63) is 29.8 Å². The maximum atomic E-state index is 11.8. The van der Waals surface area contributed by atoms with Gasteiger partial charge in [0.1, 0.15) is 5.84 Å². The SMILES string of the molecule is O=S1(=O)NC(=NCCCC2CC2)c2ccccc21. The van der Waals surface area contributed by atoms with E-state index in [-0.39, 0.29) is 0 Å². The summed E-state index contributed by atoms with van der Waals surface area (Å²) in [5.41, 5.74) is 0.698. The van der Waals surface area contributed by atoms with Crippen LogP contribution in [0.25, 0.3) is 0 Å². The molecule has 3 rings (SSSR count). The molecule has 1 aliphatic carbocycles. The number of sulfonamides is 1. The number of hydrogen-bond donors (Lipinski definition) is 1. The molecule has 0 bridgehead atoms. The highest BCUT2D eigenvalue weighted by Gasteiger charge is 2.29. The number of fused-ring (bicyclic) bond motifs is 1. The van der Waals surface area contributed by atoms with Gasteiger partial charge < -0.3 is 0 Å². The van der Waals surface area contributed by atoms with Crippen LogP contribution in [0.3, 0.4) is 0 Å². The van der Waals surface area contributed by atoms with Crippen molar-refractivity contribution >= 4 is 15.9 Å². The molecule has 1 heterocycles. The highest BCUT2D eigenvalue weighted by molar-refractivity contribution is 7.90. The van der Waals surface area contributed by atoms with Crippen molar-refractivity contribution < 1.29 is 8.42 Å². The Kier molecular flexibility index (Phi) is 2.86. The Morgan fingerprint density at radius 3 is 2.83 bits per heavy atom. The Bertz CT molecular complexity index is 589. The lowest BCUT2D eigenvalue weighted by Crippen LogP contribution is -2.22. The number of aliphatic imine (C=N–C) groups is 1. The van der Waals surface area contributed by atoms with Crippen LogP contribution in [0, 0.1) is 5.92 Å². The van der Waals surface area contributed by atoms with Crippen molar-refractivity contribution in [2.24, 2.45) is 10.9 Å². The Balaban J connectivity index is 1.75. The fourth-order valence-electron chi connectivity index (χ4n) is 2.23. The first-order valence-electron chi connectivity index (χ1n) is 6.33. The molecule has 2 aliphatic rings. The molecule has 0 atom stereocenters. The Hall–Kier alpha value is -1.36. The van der Waals surface area contributed by atoms with Gasteiger partial charge in [-0.25, -0.2) is 8.42 Å². The molecular formula is C13H16N2O2S. The van der Waals surface area contributed by atoms with Crippen molar-refractivity contribution in [1.29, 1.82) is 0 Å². The van der Waals surface area contributed by atoms with E-state index >= 15 is 0 Å². The largest absolute Gasteiger partial charge is 0.267 e. The topological polar surface area (TPSA) is 58.5 Å². The summed E-state index contributed by atoms with van der Waals surface area (Å²) in [6.45, 7) is 0.697. The summed E-state index contributed by atoms with van der Waals surface area (Å²) in [5, 5.41) is 0. The molecule has 4 nitrogen and oxygen atoms in total. The summed E-state index contributed by atoms with van der Waals surface area (Å²) in [6, 6.07) is 6.98. The molecule has 1 saturated carbocycles. The molecule has 0 unspecified atom stereocenters. The van der Waals surface area contributed by atoms with E-state index in [1.807, 2.05) is 6.07 Å². The summed E-state index contributed by atoms with van der Waals surface area (Å²) in [4.78, 5) is 4.73. The van der Waals surface area contributed by atoms with Gasteiger partial charge in [-0.2, -0.15) is 0 Å².